The van der Waals surface area contributed by atoms with Crippen LogP contribution < -0.4 is 5.32 Å². The fraction of sp³-hybridized carbons (Fsp3) is 0.462. The van der Waals surface area contributed by atoms with Gasteiger partial charge in [-0.1, -0.05) is 6.42 Å². The average Bonchev–Trinajstić information content (AvgIpc) is 2.87. The predicted octanol–water partition coefficient (Wildman–Crippen LogP) is 2.35. The van der Waals surface area contributed by atoms with E-state index in [4.69, 9.17) is 5.11 Å². The lowest BCUT2D eigenvalue weighted by molar-refractivity contribution is -0.141. The summed E-state index contributed by atoms with van der Waals surface area (Å²) >= 11 is 0. The number of halogens is 2. The Labute approximate surface area is 120 Å². The van der Waals surface area contributed by atoms with Gasteiger partial charge in [-0.05, 0) is 37.1 Å². The summed E-state index contributed by atoms with van der Waals surface area (Å²) in [6.45, 7) is 0. The summed E-state index contributed by atoms with van der Waals surface area (Å²) in [4.78, 5) is 10.6. The van der Waals surface area contributed by atoms with Crippen molar-refractivity contribution in [3.8, 4) is 0 Å². The molecule has 116 valence electrons. The van der Waals surface area contributed by atoms with Crippen molar-refractivity contribution in [2.75, 3.05) is 5.32 Å². The van der Waals surface area contributed by atoms with E-state index in [-0.39, 0.29) is 6.04 Å². The average molecular weight is 319 g/mol. The molecule has 21 heavy (non-hydrogen) atoms. The summed E-state index contributed by atoms with van der Waals surface area (Å²) in [5, 5.41) is 12.1. The molecule has 1 aromatic rings. The van der Waals surface area contributed by atoms with E-state index in [0.29, 0.717) is 18.5 Å². The van der Waals surface area contributed by atoms with Crippen LogP contribution >= 0.6 is 0 Å². The van der Waals surface area contributed by atoms with Gasteiger partial charge in [-0.25, -0.2) is 8.42 Å². The van der Waals surface area contributed by atoms with Crippen LogP contribution in [0.2, 0.25) is 0 Å². The van der Waals surface area contributed by atoms with E-state index in [1.54, 1.807) is 0 Å². The topological polar surface area (TPSA) is 83.5 Å². The Morgan fingerprint density at radius 3 is 2.38 bits per heavy atom. The number of rotatable bonds is 5. The number of hydrogen-bond donors (Lipinski definition) is 2. The van der Waals surface area contributed by atoms with Crippen molar-refractivity contribution in [3.05, 3.63) is 24.3 Å². The Hall–Kier alpha value is -1.70. The molecule has 1 fully saturated rings. The van der Waals surface area contributed by atoms with Crippen molar-refractivity contribution >= 4 is 21.5 Å². The molecule has 2 atom stereocenters. The van der Waals surface area contributed by atoms with E-state index in [1.807, 2.05) is 0 Å². The zero-order valence-corrected chi connectivity index (χ0v) is 11.8. The molecule has 0 spiro atoms. The zero-order valence-electron chi connectivity index (χ0n) is 11.0. The summed E-state index contributed by atoms with van der Waals surface area (Å²) < 4.78 is 47.4. The normalized spacial score (nSPS) is 22.4. The van der Waals surface area contributed by atoms with Crippen molar-refractivity contribution in [1.29, 1.82) is 0 Å². The van der Waals surface area contributed by atoms with Crippen molar-refractivity contribution in [2.45, 2.75) is 36.0 Å². The fourth-order valence-electron chi connectivity index (χ4n) is 2.49. The molecule has 0 aliphatic heterocycles. The molecule has 1 aliphatic carbocycles. The van der Waals surface area contributed by atoms with Crippen LogP contribution in [0.1, 0.15) is 19.3 Å². The zero-order chi connectivity index (χ0) is 15.6. The van der Waals surface area contributed by atoms with E-state index >= 15 is 0 Å². The number of anilines is 1. The van der Waals surface area contributed by atoms with E-state index in [9.17, 15) is 22.0 Å². The third-order valence-electron chi connectivity index (χ3n) is 3.60. The largest absolute Gasteiger partial charge is 0.481 e. The highest BCUT2D eigenvalue weighted by molar-refractivity contribution is 7.91. The molecule has 2 N–H and O–H groups in total. The number of aliphatic carboxylic acids is 1. The SMILES string of the molecule is O=C(O)C1CCCC1Nc1ccc(S(=O)(=O)C(F)F)cc1. The van der Waals surface area contributed by atoms with Crippen LogP contribution in [0.25, 0.3) is 0 Å². The highest BCUT2D eigenvalue weighted by atomic mass is 32.2. The molecule has 2 rings (SSSR count). The lowest BCUT2D eigenvalue weighted by Gasteiger charge is -2.19. The van der Waals surface area contributed by atoms with Crippen LogP contribution in [0.3, 0.4) is 0 Å². The van der Waals surface area contributed by atoms with Gasteiger partial charge in [-0.15, -0.1) is 0 Å². The standard InChI is InChI=1S/C13H15F2NO4S/c14-13(15)21(19,20)9-6-4-8(5-7-9)16-11-3-1-2-10(11)12(17)18/h4-7,10-11,13,16H,1-3H2,(H,17,18). The number of nitrogens with one attached hydrogen (secondary N) is 1. The second kappa shape index (κ2) is 5.97. The molecular formula is C13H15F2NO4S. The highest BCUT2D eigenvalue weighted by Crippen LogP contribution is 2.29. The summed E-state index contributed by atoms with van der Waals surface area (Å²) in [6, 6.07) is 4.68. The van der Waals surface area contributed by atoms with Crippen LogP contribution in [0.15, 0.2) is 29.2 Å². The number of benzene rings is 1. The molecule has 0 radical (unpaired) electrons. The lowest BCUT2D eigenvalue weighted by atomic mass is 10.0. The third kappa shape index (κ3) is 3.31. The Kier molecular flexibility index (Phi) is 4.46. The van der Waals surface area contributed by atoms with Gasteiger partial charge in [0.1, 0.15) is 0 Å². The van der Waals surface area contributed by atoms with E-state index in [2.05, 4.69) is 5.32 Å². The second-order valence-electron chi connectivity index (χ2n) is 4.96. The first-order valence-corrected chi connectivity index (χ1v) is 7.98. The van der Waals surface area contributed by atoms with Gasteiger partial charge < -0.3 is 10.4 Å². The molecular weight excluding hydrogens is 304 g/mol. The molecule has 1 aliphatic rings. The minimum absolute atomic E-state index is 0.236. The van der Waals surface area contributed by atoms with Crippen molar-refractivity contribution < 1.29 is 27.1 Å². The first-order chi connectivity index (χ1) is 9.82. The molecule has 5 nitrogen and oxygen atoms in total. The highest BCUT2D eigenvalue weighted by Gasteiger charge is 2.33. The summed E-state index contributed by atoms with van der Waals surface area (Å²) in [5.41, 5.74) is 0.515. The van der Waals surface area contributed by atoms with Crippen LogP contribution in [0, 0.1) is 5.92 Å². The second-order valence-corrected chi connectivity index (χ2v) is 6.87. The molecule has 1 saturated carbocycles. The number of carboxylic acids is 1. The van der Waals surface area contributed by atoms with Crippen LogP contribution in [0.4, 0.5) is 14.5 Å². The van der Waals surface area contributed by atoms with Crippen LogP contribution in [-0.2, 0) is 14.6 Å². The fourth-order valence-corrected chi connectivity index (χ4v) is 3.21. The van der Waals surface area contributed by atoms with Crippen molar-refractivity contribution in [2.24, 2.45) is 5.92 Å². The Morgan fingerprint density at radius 2 is 1.86 bits per heavy atom. The van der Waals surface area contributed by atoms with Gasteiger partial charge in [0.05, 0.1) is 10.8 Å². The maximum Gasteiger partial charge on any atom is 0.341 e. The van der Waals surface area contributed by atoms with E-state index in [0.717, 1.165) is 18.6 Å². The quantitative estimate of drug-likeness (QED) is 0.870. The number of alkyl halides is 2. The minimum atomic E-state index is -4.60. The number of hydrogen-bond acceptors (Lipinski definition) is 4. The van der Waals surface area contributed by atoms with Crippen LogP contribution in [0.5, 0.6) is 0 Å². The predicted molar refractivity (Wildman–Crippen MR) is 72.0 cm³/mol. The van der Waals surface area contributed by atoms with Gasteiger partial charge in [0.15, 0.2) is 0 Å². The van der Waals surface area contributed by atoms with Crippen molar-refractivity contribution in [3.63, 3.8) is 0 Å². The van der Waals surface area contributed by atoms with Crippen LogP contribution in [-0.4, -0.2) is 31.3 Å². The van der Waals surface area contributed by atoms with Gasteiger partial charge in [-0.3, -0.25) is 4.79 Å². The first-order valence-electron chi connectivity index (χ1n) is 6.44. The summed E-state index contributed by atoms with van der Waals surface area (Å²) in [6.07, 6.45) is 2.09. The summed E-state index contributed by atoms with van der Waals surface area (Å²) in [5.74, 6) is -4.82. The molecule has 1 aromatic carbocycles. The van der Waals surface area contributed by atoms with Crippen molar-refractivity contribution in [1.82, 2.24) is 0 Å². The monoisotopic (exact) mass is 319 g/mol. The lowest BCUT2D eigenvalue weighted by Crippen LogP contribution is -2.29. The van der Waals surface area contributed by atoms with Gasteiger partial charge in [0, 0.05) is 11.7 Å². The number of carboxylic acid groups (broad SMARTS) is 1. The van der Waals surface area contributed by atoms with Gasteiger partial charge in [0.2, 0.25) is 9.84 Å². The Morgan fingerprint density at radius 1 is 1.24 bits per heavy atom. The maximum atomic E-state index is 12.4. The van der Waals surface area contributed by atoms with E-state index in [1.165, 1.54) is 12.1 Å². The maximum absolute atomic E-state index is 12.4. The molecule has 0 heterocycles. The summed E-state index contributed by atoms with van der Waals surface area (Å²) in [7, 11) is -4.60. The Bertz CT molecular complexity index is 616. The minimum Gasteiger partial charge on any atom is -0.481 e. The molecule has 0 bridgehead atoms. The molecule has 0 aromatic heterocycles. The number of sulfone groups is 1. The Balaban J connectivity index is 2.12. The molecule has 0 saturated heterocycles. The van der Waals surface area contributed by atoms with Gasteiger partial charge in [0.25, 0.3) is 0 Å². The third-order valence-corrected chi connectivity index (χ3v) is 5.00. The van der Waals surface area contributed by atoms with E-state index < -0.39 is 32.4 Å². The smallest absolute Gasteiger partial charge is 0.341 e. The van der Waals surface area contributed by atoms with Gasteiger partial charge in [-0.2, -0.15) is 8.78 Å². The van der Waals surface area contributed by atoms with Gasteiger partial charge >= 0.3 is 11.7 Å². The number of carbonyl (C=O) groups is 1. The molecule has 8 heteroatoms. The molecule has 0 amide bonds. The first kappa shape index (κ1) is 15.7. The molecule has 2 unspecified atom stereocenters.